The number of piperidine rings is 1. The van der Waals surface area contributed by atoms with E-state index in [1.165, 1.54) is 17.7 Å². The molecule has 0 saturated carbocycles. The fourth-order valence-electron chi connectivity index (χ4n) is 5.20. The van der Waals surface area contributed by atoms with Crippen LogP contribution in [-0.4, -0.2) is 60.5 Å². The van der Waals surface area contributed by atoms with E-state index in [9.17, 15) is 14.0 Å². The molecule has 0 spiro atoms. The molecule has 0 bridgehead atoms. The Morgan fingerprint density at radius 2 is 1.62 bits per heavy atom. The first-order chi connectivity index (χ1) is 18.9. The number of carbonyl (C=O) groups excluding carboxylic acids is 2. The topological polar surface area (TPSA) is 61.9 Å². The van der Waals surface area contributed by atoms with E-state index in [1.807, 2.05) is 47.4 Å². The van der Waals surface area contributed by atoms with Crippen molar-refractivity contribution in [3.8, 4) is 0 Å². The van der Waals surface area contributed by atoms with Gasteiger partial charge in [-0.1, -0.05) is 65.7 Å². The lowest BCUT2D eigenvalue weighted by Gasteiger charge is -2.38. The van der Waals surface area contributed by atoms with E-state index in [-0.39, 0.29) is 21.5 Å². The molecule has 0 radical (unpaired) electrons. The molecular weight excluding hydrogens is 540 g/mol. The largest absolute Gasteiger partial charge is 0.366 e. The van der Waals surface area contributed by atoms with Gasteiger partial charge in [0.2, 0.25) is 0 Å². The zero-order valence-electron chi connectivity index (χ0n) is 21.4. The first-order valence-corrected chi connectivity index (χ1v) is 13.9. The number of nitrogens with one attached hydrogen (secondary N) is 1. The van der Waals surface area contributed by atoms with E-state index in [0.717, 1.165) is 31.5 Å². The lowest BCUT2D eigenvalue weighted by atomic mass is 9.89. The molecule has 3 aromatic rings. The lowest BCUT2D eigenvalue weighted by molar-refractivity contribution is -0.150. The highest BCUT2D eigenvalue weighted by molar-refractivity contribution is 6.35. The zero-order chi connectivity index (χ0) is 27.4. The Morgan fingerprint density at radius 1 is 0.949 bits per heavy atom. The van der Waals surface area contributed by atoms with Crippen LogP contribution in [0.4, 0.5) is 10.1 Å². The predicted octanol–water partition coefficient (Wildman–Crippen LogP) is 5.99. The van der Waals surface area contributed by atoms with Gasteiger partial charge in [0.15, 0.2) is 5.82 Å². The van der Waals surface area contributed by atoms with Gasteiger partial charge in [0.25, 0.3) is 11.8 Å². The van der Waals surface area contributed by atoms with E-state index in [1.54, 1.807) is 0 Å². The van der Waals surface area contributed by atoms with Gasteiger partial charge in [-0.05, 0) is 54.2 Å². The van der Waals surface area contributed by atoms with Crippen molar-refractivity contribution < 1.29 is 18.7 Å². The summed E-state index contributed by atoms with van der Waals surface area (Å²) in [7, 11) is 0. The van der Waals surface area contributed by atoms with Crippen LogP contribution in [-0.2, 0) is 16.1 Å². The number of carbonyl (C=O) groups is 2. The second-order valence-electron chi connectivity index (χ2n) is 10.0. The van der Waals surface area contributed by atoms with Crippen LogP contribution in [0.2, 0.25) is 10.0 Å². The Kier molecular flexibility index (Phi) is 8.82. The minimum atomic E-state index is -0.747. The molecule has 2 fully saturated rings. The van der Waals surface area contributed by atoms with Gasteiger partial charge >= 0.3 is 0 Å². The van der Waals surface area contributed by atoms with Crippen LogP contribution in [0.3, 0.4) is 0 Å². The fourth-order valence-corrected chi connectivity index (χ4v) is 5.69. The second-order valence-corrected chi connectivity index (χ2v) is 10.8. The van der Waals surface area contributed by atoms with E-state index in [2.05, 4.69) is 22.3 Å². The Hall–Kier alpha value is -2.97. The second kappa shape index (κ2) is 12.5. The third kappa shape index (κ3) is 6.79. The molecule has 1 atom stereocenters. The van der Waals surface area contributed by atoms with Crippen LogP contribution in [0.1, 0.15) is 40.2 Å². The molecule has 39 heavy (non-hydrogen) atoms. The van der Waals surface area contributed by atoms with Crippen molar-refractivity contribution in [2.75, 3.05) is 38.1 Å². The number of anilines is 1. The standard InChI is InChI=1S/C30H30Cl2FN3O3/c31-25-16-23(17-26(32)28(25)33)29(37)34-24-8-6-21(7-9-24)22-10-12-36(13-11-22)30(38)27-19-35(14-15-39-27)18-20-4-2-1-3-5-20/h1-9,16-17,22,27H,10-15,18-19H2,(H,34,37). The van der Waals surface area contributed by atoms with Crippen molar-refractivity contribution in [2.24, 2.45) is 0 Å². The maximum Gasteiger partial charge on any atom is 0.255 e. The van der Waals surface area contributed by atoms with Gasteiger partial charge in [0, 0.05) is 44.0 Å². The number of rotatable bonds is 6. The number of amides is 2. The Bertz CT molecular complexity index is 1290. The molecule has 2 amide bonds. The number of morpholine rings is 1. The van der Waals surface area contributed by atoms with Crippen LogP contribution in [0.25, 0.3) is 0 Å². The van der Waals surface area contributed by atoms with Crippen LogP contribution >= 0.6 is 23.2 Å². The number of ether oxygens (including phenoxy) is 1. The van der Waals surface area contributed by atoms with Crippen LogP contribution in [0.5, 0.6) is 0 Å². The van der Waals surface area contributed by atoms with Gasteiger partial charge in [-0.25, -0.2) is 4.39 Å². The third-order valence-electron chi connectivity index (χ3n) is 7.37. The molecule has 0 aromatic heterocycles. The first kappa shape index (κ1) is 27.6. The van der Waals surface area contributed by atoms with Gasteiger partial charge in [0.05, 0.1) is 16.7 Å². The molecule has 1 unspecified atom stereocenters. The van der Waals surface area contributed by atoms with Crippen molar-refractivity contribution in [1.82, 2.24) is 9.80 Å². The van der Waals surface area contributed by atoms with Crippen molar-refractivity contribution >= 4 is 40.7 Å². The monoisotopic (exact) mass is 569 g/mol. The van der Waals surface area contributed by atoms with Gasteiger partial charge in [-0.2, -0.15) is 0 Å². The molecule has 204 valence electrons. The summed E-state index contributed by atoms with van der Waals surface area (Å²) in [6.07, 6.45) is 1.31. The smallest absolute Gasteiger partial charge is 0.255 e. The number of hydrogen-bond donors (Lipinski definition) is 1. The molecular formula is C30H30Cl2FN3O3. The van der Waals surface area contributed by atoms with Crippen molar-refractivity contribution in [3.05, 3.63) is 99.3 Å². The minimum Gasteiger partial charge on any atom is -0.366 e. The summed E-state index contributed by atoms with van der Waals surface area (Å²) in [5.74, 6) is -0.769. The normalized spacial score (nSPS) is 18.6. The number of hydrogen-bond acceptors (Lipinski definition) is 4. The van der Waals surface area contributed by atoms with Gasteiger partial charge < -0.3 is 15.0 Å². The third-order valence-corrected chi connectivity index (χ3v) is 7.92. The number of benzene rings is 3. The van der Waals surface area contributed by atoms with Crippen LogP contribution in [0.15, 0.2) is 66.7 Å². The molecule has 2 saturated heterocycles. The first-order valence-electron chi connectivity index (χ1n) is 13.1. The molecule has 3 aromatic carbocycles. The highest BCUT2D eigenvalue weighted by Gasteiger charge is 2.32. The van der Waals surface area contributed by atoms with Crippen molar-refractivity contribution in [2.45, 2.75) is 31.4 Å². The maximum atomic E-state index is 13.6. The molecule has 0 aliphatic carbocycles. The van der Waals surface area contributed by atoms with Gasteiger partial charge in [-0.3, -0.25) is 14.5 Å². The van der Waals surface area contributed by atoms with Crippen molar-refractivity contribution in [3.63, 3.8) is 0 Å². The highest BCUT2D eigenvalue weighted by atomic mass is 35.5. The molecule has 6 nitrogen and oxygen atoms in total. The van der Waals surface area contributed by atoms with Crippen molar-refractivity contribution in [1.29, 1.82) is 0 Å². The van der Waals surface area contributed by atoms with Crippen LogP contribution < -0.4 is 5.32 Å². The Balaban J connectivity index is 1.12. The van der Waals surface area contributed by atoms with Crippen LogP contribution in [0, 0.1) is 5.82 Å². The minimum absolute atomic E-state index is 0.0743. The number of halogens is 3. The highest BCUT2D eigenvalue weighted by Crippen LogP contribution is 2.30. The Labute approximate surface area is 237 Å². The lowest BCUT2D eigenvalue weighted by Crippen LogP contribution is -2.52. The number of likely N-dealkylation sites (tertiary alicyclic amines) is 1. The summed E-state index contributed by atoms with van der Waals surface area (Å²) in [4.78, 5) is 30.0. The maximum absolute atomic E-state index is 13.6. The van der Waals surface area contributed by atoms with E-state index < -0.39 is 17.8 Å². The molecule has 2 aliphatic heterocycles. The summed E-state index contributed by atoms with van der Waals surface area (Å²) in [6.45, 7) is 4.18. The zero-order valence-corrected chi connectivity index (χ0v) is 22.9. The molecule has 9 heteroatoms. The van der Waals surface area contributed by atoms with Gasteiger partial charge in [-0.15, -0.1) is 0 Å². The predicted molar refractivity (Wildman–Crippen MR) is 151 cm³/mol. The van der Waals surface area contributed by atoms with Gasteiger partial charge in [0.1, 0.15) is 6.10 Å². The summed E-state index contributed by atoms with van der Waals surface area (Å²) in [6, 6.07) is 20.5. The van der Waals surface area contributed by atoms with E-state index in [4.69, 9.17) is 27.9 Å². The summed E-state index contributed by atoms with van der Waals surface area (Å²) in [5.41, 5.74) is 3.19. The van der Waals surface area contributed by atoms with E-state index >= 15 is 0 Å². The average molecular weight is 570 g/mol. The fraction of sp³-hybridized carbons (Fsp3) is 0.333. The average Bonchev–Trinajstić information content (AvgIpc) is 2.96. The molecule has 5 rings (SSSR count). The summed E-state index contributed by atoms with van der Waals surface area (Å²) < 4.78 is 19.5. The molecule has 2 aliphatic rings. The Morgan fingerprint density at radius 3 is 2.28 bits per heavy atom. The molecule has 1 N–H and O–H groups in total. The quantitative estimate of drug-likeness (QED) is 0.370. The summed E-state index contributed by atoms with van der Waals surface area (Å²) >= 11 is 11.6. The molecule has 2 heterocycles. The number of nitrogens with zero attached hydrogens (tertiary/aromatic N) is 2. The SMILES string of the molecule is O=C(Nc1ccc(C2CCN(C(=O)C3CN(Cc4ccccc4)CCO3)CC2)cc1)c1cc(Cl)c(F)c(Cl)c1. The van der Waals surface area contributed by atoms with E-state index in [0.29, 0.717) is 37.8 Å². The summed E-state index contributed by atoms with van der Waals surface area (Å²) in [5, 5.41) is 2.39.